The second-order valence-electron chi connectivity index (χ2n) is 5.00. The van der Waals surface area contributed by atoms with Crippen molar-refractivity contribution in [1.29, 1.82) is 0 Å². The van der Waals surface area contributed by atoms with E-state index >= 15 is 0 Å². The van der Waals surface area contributed by atoms with Gasteiger partial charge in [-0.1, -0.05) is 36.7 Å². The highest BCUT2D eigenvalue weighted by atomic mass is 35.5. The molecule has 0 saturated heterocycles. The molecule has 0 saturated carbocycles. The van der Waals surface area contributed by atoms with Crippen molar-refractivity contribution in [3.8, 4) is 5.75 Å². The fourth-order valence-corrected chi connectivity index (χ4v) is 3.25. The number of benzene rings is 2. The molecule has 0 aliphatic rings. The number of thioether (sulfide) groups is 1. The normalized spacial score (nSPS) is 11.8. The molecule has 23 heavy (non-hydrogen) atoms. The quantitative estimate of drug-likeness (QED) is 0.746. The molecule has 2 rings (SSSR count). The standard InChI is InChI=1S/C18H20ClNO2S/c1-3-17(23-15-10-8-14(19)9-11-15)18(21)20-12-13-6-4-5-7-16(13)22-2/h4-11,17H,3,12H2,1-2H3,(H,20,21)/t17-/m1/s1. The number of nitrogens with one attached hydrogen (secondary N) is 1. The molecule has 2 aromatic rings. The van der Waals surface area contributed by atoms with Crippen LogP contribution in [0.2, 0.25) is 5.02 Å². The molecular formula is C18H20ClNO2S. The van der Waals surface area contributed by atoms with E-state index in [0.29, 0.717) is 11.6 Å². The SMILES string of the molecule is CC[C@@H](Sc1ccc(Cl)cc1)C(=O)NCc1ccccc1OC. The summed E-state index contributed by atoms with van der Waals surface area (Å²) in [6, 6.07) is 15.2. The van der Waals surface area contributed by atoms with E-state index < -0.39 is 0 Å². The van der Waals surface area contributed by atoms with Gasteiger partial charge in [-0.25, -0.2) is 0 Å². The van der Waals surface area contributed by atoms with Crippen LogP contribution in [-0.4, -0.2) is 18.3 Å². The lowest BCUT2D eigenvalue weighted by Crippen LogP contribution is -2.31. The van der Waals surface area contributed by atoms with Crippen LogP contribution in [0.15, 0.2) is 53.4 Å². The smallest absolute Gasteiger partial charge is 0.233 e. The van der Waals surface area contributed by atoms with Crippen molar-refractivity contribution in [3.63, 3.8) is 0 Å². The molecule has 0 aromatic heterocycles. The van der Waals surface area contributed by atoms with Gasteiger partial charge < -0.3 is 10.1 Å². The molecule has 1 atom stereocenters. The lowest BCUT2D eigenvalue weighted by atomic mass is 10.2. The van der Waals surface area contributed by atoms with E-state index in [2.05, 4.69) is 5.32 Å². The highest BCUT2D eigenvalue weighted by Gasteiger charge is 2.18. The average molecular weight is 350 g/mol. The lowest BCUT2D eigenvalue weighted by molar-refractivity contribution is -0.120. The summed E-state index contributed by atoms with van der Waals surface area (Å²) in [5.74, 6) is 0.810. The largest absolute Gasteiger partial charge is 0.496 e. The van der Waals surface area contributed by atoms with Crippen LogP contribution in [0.4, 0.5) is 0 Å². The van der Waals surface area contributed by atoms with E-state index in [1.807, 2.05) is 55.5 Å². The molecule has 3 nitrogen and oxygen atoms in total. The predicted molar refractivity (Wildman–Crippen MR) is 96.2 cm³/mol. The number of amides is 1. The lowest BCUT2D eigenvalue weighted by Gasteiger charge is -2.15. The van der Waals surface area contributed by atoms with E-state index in [-0.39, 0.29) is 11.2 Å². The molecule has 1 N–H and O–H groups in total. The zero-order valence-electron chi connectivity index (χ0n) is 13.2. The number of rotatable bonds is 7. The van der Waals surface area contributed by atoms with Crippen molar-refractivity contribution < 1.29 is 9.53 Å². The van der Waals surface area contributed by atoms with Crippen molar-refractivity contribution in [2.45, 2.75) is 30.0 Å². The molecule has 0 fully saturated rings. The van der Waals surface area contributed by atoms with Gasteiger partial charge in [0.15, 0.2) is 0 Å². The second kappa shape index (κ2) is 8.85. The first-order valence-corrected chi connectivity index (χ1v) is 8.71. The number of hydrogen-bond donors (Lipinski definition) is 1. The van der Waals surface area contributed by atoms with E-state index in [0.717, 1.165) is 22.6 Å². The van der Waals surface area contributed by atoms with Gasteiger partial charge in [0.05, 0.1) is 12.4 Å². The number of carbonyl (C=O) groups is 1. The Kier molecular flexibility index (Phi) is 6.81. The van der Waals surface area contributed by atoms with E-state index in [4.69, 9.17) is 16.3 Å². The van der Waals surface area contributed by atoms with Gasteiger partial charge in [-0.2, -0.15) is 0 Å². The Morgan fingerprint density at radius 1 is 1.22 bits per heavy atom. The van der Waals surface area contributed by atoms with Crippen molar-refractivity contribution in [1.82, 2.24) is 5.32 Å². The van der Waals surface area contributed by atoms with Crippen LogP contribution >= 0.6 is 23.4 Å². The topological polar surface area (TPSA) is 38.3 Å². The maximum atomic E-state index is 12.4. The third-order valence-electron chi connectivity index (χ3n) is 3.40. The molecule has 0 aliphatic carbocycles. The first-order valence-electron chi connectivity index (χ1n) is 7.46. The summed E-state index contributed by atoms with van der Waals surface area (Å²) in [7, 11) is 1.63. The maximum absolute atomic E-state index is 12.4. The van der Waals surface area contributed by atoms with Gasteiger partial charge in [0.1, 0.15) is 5.75 Å². The maximum Gasteiger partial charge on any atom is 0.233 e. The van der Waals surface area contributed by atoms with E-state index in [1.165, 1.54) is 0 Å². The Balaban J connectivity index is 1.96. The van der Waals surface area contributed by atoms with Crippen LogP contribution < -0.4 is 10.1 Å². The molecule has 0 spiro atoms. The minimum atomic E-state index is -0.133. The molecule has 0 heterocycles. The molecule has 0 unspecified atom stereocenters. The van der Waals surface area contributed by atoms with Gasteiger partial charge in [0.2, 0.25) is 5.91 Å². The van der Waals surface area contributed by atoms with Gasteiger partial charge in [0, 0.05) is 22.0 Å². The number of halogens is 1. The highest BCUT2D eigenvalue weighted by Crippen LogP contribution is 2.27. The van der Waals surface area contributed by atoms with Crippen molar-refractivity contribution in [2.24, 2.45) is 0 Å². The zero-order chi connectivity index (χ0) is 16.7. The number of methoxy groups -OCH3 is 1. The highest BCUT2D eigenvalue weighted by molar-refractivity contribution is 8.00. The third-order valence-corrected chi connectivity index (χ3v) is 5.03. The first-order chi connectivity index (χ1) is 11.1. The summed E-state index contributed by atoms with van der Waals surface area (Å²) < 4.78 is 5.30. The monoisotopic (exact) mass is 349 g/mol. The molecule has 0 bridgehead atoms. The van der Waals surface area contributed by atoms with Gasteiger partial charge in [0.25, 0.3) is 0 Å². The Bertz CT molecular complexity index is 646. The zero-order valence-corrected chi connectivity index (χ0v) is 14.8. The molecule has 2 aromatic carbocycles. The summed E-state index contributed by atoms with van der Waals surface area (Å²) in [6.45, 7) is 2.47. The summed E-state index contributed by atoms with van der Waals surface area (Å²) in [6.07, 6.45) is 0.755. The molecule has 5 heteroatoms. The summed E-state index contributed by atoms with van der Waals surface area (Å²) in [5, 5.41) is 3.55. The fraction of sp³-hybridized carbons (Fsp3) is 0.278. The Morgan fingerprint density at radius 2 is 1.91 bits per heavy atom. The second-order valence-corrected chi connectivity index (χ2v) is 6.71. The van der Waals surface area contributed by atoms with E-state index in [1.54, 1.807) is 18.9 Å². The number of para-hydroxylation sites is 1. The summed E-state index contributed by atoms with van der Waals surface area (Å²) >= 11 is 7.44. The van der Waals surface area contributed by atoms with Crippen molar-refractivity contribution in [3.05, 3.63) is 59.1 Å². The molecule has 0 radical (unpaired) electrons. The van der Waals surface area contributed by atoms with Gasteiger partial charge in [-0.05, 0) is 36.8 Å². The fourth-order valence-electron chi connectivity index (χ4n) is 2.14. The third kappa shape index (κ3) is 5.19. The van der Waals surface area contributed by atoms with Crippen LogP contribution in [0.3, 0.4) is 0 Å². The van der Waals surface area contributed by atoms with Crippen LogP contribution in [-0.2, 0) is 11.3 Å². The van der Waals surface area contributed by atoms with Gasteiger partial charge in [-0.3, -0.25) is 4.79 Å². The van der Waals surface area contributed by atoms with Crippen LogP contribution in [0.1, 0.15) is 18.9 Å². The Hall–Kier alpha value is -1.65. The Labute approximate surface area is 146 Å². The van der Waals surface area contributed by atoms with E-state index in [9.17, 15) is 4.79 Å². The predicted octanol–water partition coefficient (Wildman–Crippen LogP) is 4.54. The van der Waals surface area contributed by atoms with Gasteiger partial charge >= 0.3 is 0 Å². The Morgan fingerprint density at radius 3 is 2.57 bits per heavy atom. The molecule has 1 amide bonds. The first kappa shape index (κ1) is 17.7. The van der Waals surface area contributed by atoms with Crippen LogP contribution in [0.25, 0.3) is 0 Å². The number of hydrogen-bond acceptors (Lipinski definition) is 3. The number of carbonyl (C=O) groups excluding carboxylic acids is 1. The average Bonchev–Trinajstić information content (AvgIpc) is 2.59. The molecular weight excluding hydrogens is 330 g/mol. The van der Waals surface area contributed by atoms with Gasteiger partial charge in [-0.15, -0.1) is 11.8 Å². The molecule has 0 aliphatic heterocycles. The number of ether oxygens (including phenoxy) is 1. The minimum absolute atomic E-state index is 0.0263. The van der Waals surface area contributed by atoms with Crippen molar-refractivity contribution >= 4 is 29.3 Å². The minimum Gasteiger partial charge on any atom is -0.496 e. The summed E-state index contributed by atoms with van der Waals surface area (Å²) in [5.41, 5.74) is 0.967. The van der Waals surface area contributed by atoms with Crippen LogP contribution in [0, 0.1) is 0 Å². The van der Waals surface area contributed by atoms with Crippen LogP contribution in [0.5, 0.6) is 5.75 Å². The van der Waals surface area contributed by atoms with Crippen molar-refractivity contribution in [2.75, 3.05) is 7.11 Å². The summed E-state index contributed by atoms with van der Waals surface area (Å²) in [4.78, 5) is 13.5. The molecule has 122 valence electrons.